The quantitative estimate of drug-likeness (QED) is 0.856. The van der Waals surface area contributed by atoms with Gasteiger partial charge in [0, 0.05) is 11.8 Å². The largest absolute Gasteiger partial charge is 0.497 e. The maximum atomic E-state index is 12.0. The van der Waals surface area contributed by atoms with E-state index >= 15 is 0 Å². The third kappa shape index (κ3) is 3.33. The van der Waals surface area contributed by atoms with Crippen molar-refractivity contribution in [1.82, 2.24) is 4.90 Å². The van der Waals surface area contributed by atoms with Crippen molar-refractivity contribution in [3.63, 3.8) is 0 Å². The first-order valence-corrected chi connectivity index (χ1v) is 7.20. The van der Waals surface area contributed by atoms with Gasteiger partial charge in [-0.15, -0.1) is 11.8 Å². The molecule has 6 heteroatoms. The van der Waals surface area contributed by atoms with Gasteiger partial charge in [-0.1, -0.05) is 12.1 Å². The standard InChI is InChI=1S/C14H15NO4S/c1-19-11-4-2-3-10(7-11)5-6-13(16)15-9-20-8-12(15)14(17)18/h2-7,12H,8-9H2,1H3,(H,17,18)/b6-5+. The van der Waals surface area contributed by atoms with Crippen LogP contribution in [-0.4, -0.2) is 46.7 Å². The van der Waals surface area contributed by atoms with E-state index in [4.69, 9.17) is 9.84 Å². The second-order valence-corrected chi connectivity index (χ2v) is 5.27. The molecule has 0 saturated carbocycles. The molecule has 106 valence electrons. The Labute approximate surface area is 121 Å². The van der Waals surface area contributed by atoms with Crippen LogP contribution in [0.5, 0.6) is 5.75 Å². The molecule has 1 heterocycles. The number of ether oxygens (including phenoxy) is 1. The summed E-state index contributed by atoms with van der Waals surface area (Å²) in [6.07, 6.45) is 3.06. The Hall–Kier alpha value is -1.95. The molecule has 1 aliphatic rings. The van der Waals surface area contributed by atoms with E-state index in [-0.39, 0.29) is 5.91 Å². The summed E-state index contributed by atoms with van der Waals surface area (Å²) in [5.41, 5.74) is 0.830. The molecule has 2 rings (SSSR count). The Balaban J connectivity index is 2.06. The Morgan fingerprint density at radius 2 is 2.30 bits per heavy atom. The van der Waals surface area contributed by atoms with Crippen molar-refractivity contribution in [2.75, 3.05) is 18.7 Å². The topological polar surface area (TPSA) is 66.8 Å². The van der Waals surface area contributed by atoms with Crippen LogP contribution < -0.4 is 4.74 Å². The molecule has 0 aliphatic carbocycles. The monoisotopic (exact) mass is 293 g/mol. The number of benzene rings is 1. The minimum Gasteiger partial charge on any atom is -0.497 e. The predicted molar refractivity (Wildman–Crippen MR) is 77.6 cm³/mol. The molecule has 1 aromatic carbocycles. The van der Waals surface area contributed by atoms with Gasteiger partial charge < -0.3 is 14.7 Å². The lowest BCUT2D eigenvalue weighted by Gasteiger charge is -2.18. The Kier molecular flexibility index (Phi) is 4.68. The molecular weight excluding hydrogens is 278 g/mol. The molecule has 0 spiro atoms. The van der Waals surface area contributed by atoms with Crippen LogP contribution in [0.3, 0.4) is 0 Å². The molecule has 1 aliphatic heterocycles. The lowest BCUT2D eigenvalue weighted by Crippen LogP contribution is -2.40. The highest BCUT2D eigenvalue weighted by Gasteiger charge is 2.33. The van der Waals surface area contributed by atoms with Crippen LogP contribution in [-0.2, 0) is 9.59 Å². The van der Waals surface area contributed by atoms with Crippen LogP contribution in [0.4, 0.5) is 0 Å². The smallest absolute Gasteiger partial charge is 0.327 e. The van der Waals surface area contributed by atoms with Gasteiger partial charge in [-0.2, -0.15) is 0 Å². The fraction of sp³-hybridized carbons (Fsp3) is 0.286. The summed E-state index contributed by atoms with van der Waals surface area (Å²) >= 11 is 1.45. The van der Waals surface area contributed by atoms with E-state index in [2.05, 4.69) is 0 Å². The molecule has 1 atom stereocenters. The first kappa shape index (κ1) is 14.5. The molecule has 1 aromatic rings. The van der Waals surface area contributed by atoms with Crippen molar-refractivity contribution < 1.29 is 19.4 Å². The molecule has 0 aromatic heterocycles. The second-order valence-electron chi connectivity index (χ2n) is 4.27. The summed E-state index contributed by atoms with van der Waals surface area (Å²) in [4.78, 5) is 24.4. The fourth-order valence-electron chi connectivity index (χ4n) is 1.87. The van der Waals surface area contributed by atoms with Crippen LogP contribution in [0, 0.1) is 0 Å². The molecule has 1 N–H and O–H groups in total. The zero-order valence-electron chi connectivity index (χ0n) is 11.0. The molecule has 0 bridgehead atoms. The molecule has 5 nitrogen and oxygen atoms in total. The Morgan fingerprint density at radius 3 is 3.00 bits per heavy atom. The van der Waals surface area contributed by atoms with E-state index < -0.39 is 12.0 Å². The van der Waals surface area contributed by atoms with Gasteiger partial charge in [0.25, 0.3) is 0 Å². The maximum absolute atomic E-state index is 12.0. The summed E-state index contributed by atoms with van der Waals surface area (Å²) in [7, 11) is 1.58. The second kappa shape index (κ2) is 6.47. The van der Waals surface area contributed by atoms with Crippen LogP contribution in [0.25, 0.3) is 6.08 Å². The maximum Gasteiger partial charge on any atom is 0.327 e. The minimum absolute atomic E-state index is 0.287. The SMILES string of the molecule is COc1cccc(/C=C/C(=O)N2CSCC2C(=O)O)c1. The number of carbonyl (C=O) groups is 2. The lowest BCUT2D eigenvalue weighted by molar-refractivity contribution is -0.146. The minimum atomic E-state index is -0.960. The van der Waals surface area contributed by atoms with E-state index in [0.717, 1.165) is 5.56 Å². The normalized spacial score (nSPS) is 18.4. The number of carbonyl (C=O) groups excluding carboxylic acids is 1. The number of carboxylic acid groups (broad SMARTS) is 1. The van der Waals surface area contributed by atoms with E-state index in [1.165, 1.54) is 22.7 Å². The van der Waals surface area contributed by atoms with Gasteiger partial charge in [0.1, 0.15) is 11.8 Å². The van der Waals surface area contributed by atoms with Gasteiger partial charge in [-0.05, 0) is 23.8 Å². The van der Waals surface area contributed by atoms with Crippen LogP contribution >= 0.6 is 11.8 Å². The number of nitrogens with zero attached hydrogens (tertiary/aromatic N) is 1. The molecule has 1 unspecified atom stereocenters. The highest BCUT2D eigenvalue weighted by molar-refractivity contribution is 7.99. The summed E-state index contributed by atoms with van der Waals surface area (Å²) in [5, 5.41) is 9.04. The zero-order chi connectivity index (χ0) is 14.5. The molecule has 20 heavy (non-hydrogen) atoms. The first-order valence-electron chi connectivity index (χ1n) is 6.05. The van der Waals surface area contributed by atoms with Crippen molar-refractivity contribution >= 4 is 29.7 Å². The predicted octanol–water partition coefficient (Wildman–Crippen LogP) is 1.69. The van der Waals surface area contributed by atoms with Gasteiger partial charge in [-0.25, -0.2) is 4.79 Å². The number of aliphatic carboxylic acids is 1. The summed E-state index contributed by atoms with van der Waals surface area (Å²) in [6.45, 7) is 0. The molecular formula is C14H15NO4S. The fourth-order valence-corrected chi connectivity index (χ4v) is 3.03. The number of thioether (sulfide) groups is 1. The molecule has 1 fully saturated rings. The third-order valence-electron chi connectivity index (χ3n) is 2.96. The molecule has 1 amide bonds. The summed E-state index contributed by atoms with van der Waals surface area (Å²) in [5.74, 6) is 0.315. The van der Waals surface area contributed by atoms with Gasteiger partial charge in [0.2, 0.25) is 5.91 Å². The van der Waals surface area contributed by atoms with Crippen molar-refractivity contribution in [2.24, 2.45) is 0 Å². The Morgan fingerprint density at radius 1 is 1.50 bits per heavy atom. The zero-order valence-corrected chi connectivity index (χ0v) is 11.8. The highest BCUT2D eigenvalue weighted by atomic mass is 32.2. The van der Waals surface area contributed by atoms with E-state index in [1.54, 1.807) is 19.3 Å². The van der Waals surface area contributed by atoms with Crippen LogP contribution in [0.2, 0.25) is 0 Å². The first-order chi connectivity index (χ1) is 9.61. The number of hydrogen-bond donors (Lipinski definition) is 1. The van der Waals surface area contributed by atoms with Crippen LogP contribution in [0.1, 0.15) is 5.56 Å². The van der Waals surface area contributed by atoms with Crippen LogP contribution in [0.15, 0.2) is 30.3 Å². The van der Waals surface area contributed by atoms with Crippen molar-refractivity contribution in [3.05, 3.63) is 35.9 Å². The number of methoxy groups -OCH3 is 1. The highest BCUT2D eigenvalue weighted by Crippen LogP contribution is 2.21. The molecule has 0 radical (unpaired) electrons. The van der Waals surface area contributed by atoms with Crippen molar-refractivity contribution in [3.8, 4) is 5.75 Å². The van der Waals surface area contributed by atoms with Gasteiger partial charge in [-0.3, -0.25) is 4.79 Å². The number of carboxylic acids is 1. The third-order valence-corrected chi connectivity index (χ3v) is 3.97. The van der Waals surface area contributed by atoms with Gasteiger partial charge in [0.05, 0.1) is 13.0 Å². The van der Waals surface area contributed by atoms with Gasteiger partial charge >= 0.3 is 5.97 Å². The molecule has 1 saturated heterocycles. The van der Waals surface area contributed by atoms with E-state index in [9.17, 15) is 9.59 Å². The summed E-state index contributed by atoms with van der Waals surface area (Å²) in [6, 6.07) is 6.56. The number of rotatable bonds is 4. The number of amides is 1. The average Bonchev–Trinajstić information content (AvgIpc) is 2.94. The summed E-state index contributed by atoms with van der Waals surface area (Å²) < 4.78 is 5.10. The van der Waals surface area contributed by atoms with Gasteiger partial charge in [0.15, 0.2) is 0 Å². The van der Waals surface area contributed by atoms with Crippen molar-refractivity contribution in [2.45, 2.75) is 6.04 Å². The number of hydrogen-bond acceptors (Lipinski definition) is 4. The lowest BCUT2D eigenvalue weighted by atomic mass is 10.2. The van der Waals surface area contributed by atoms with E-state index in [0.29, 0.717) is 17.4 Å². The Bertz CT molecular complexity index is 544. The average molecular weight is 293 g/mol. The van der Waals surface area contributed by atoms with E-state index in [1.807, 2.05) is 18.2 Å². The van der Waals surface area contributed by atoms with Crippen molar-refractivity contribution in [1.29, 1.82) is 0 Å².